The van der Waals surface area contributed by atoms with Gasteiger partial charge in [-0.25, -0.2) is 4.79 Å². The van der Waals surface area contributed by atoms with E-state index in [0.717, 1.165) is 6.42 Å². The summed E-state index contributed by atoms with van der Waals surface area (Å²) >= 11 is 0. The summed E-state index contributed by atoms with van der Waals surface area (Å²) in [5.74, 6) is -0.647. The van der Waals surface area contributed by atoms with E-state index in [1.54, 1.807) is 6.92 Å². The number of carbonyl (C=O) groups is 1. The fraction of sp³-hybridized carbons (Fsp3) is 0.400. The van der Waals surface area contributed by atoms with Crippen molar-refractivity contribution in [1.29, 1.82) is 0 Å². The topological polar surface area (TPSA) is 59.4 Å². The van der Waals surface area contributed by atoms with Gasteiger partial charge >= 0.3 is 5.97 Å². The number of rotatable bonds is 4. The van der Waals surface area contributed by atoms with Crippen molar-refractivity contribution in [2.75, 3.05) is 6.61 Å². The molecule has 0 spiro atoms. The van der Waals surface area contributed by atoms with Crippen LogP contribution in [0.15, 0.2) is 12.3 Å². The van der Waals surface area contributed by atoms with Gasteiger partial charge in [0.15, 0.2) is 5.75 Å². The van der Waals surface area contributed by atoms with Crippen LogP contribution in [0.4, 0.5) is 0 Å². The van der Waals surface area contributed by atoms with Crippen molar-refractivity contribution >= 4 is 5.97 Å². The lowest BCUT2D eigenvalue weighted by Crippen LogP contribution is -2.05. The summed E-state index contributed by atoms with van der Waals surface area (Å²) in [6.07, 6.45) is 2.29. The van der Waals surface area contributed by atoms with E-state index in [0.29, 0.717) is 18.1 Å². The van der Waals surface area contributed by atoms with Crippen molar-refractivity contribution < 1.29 is 14.6 Å². The SMILES string of the molecule is CCCOc1cnc(C)cc1C(=O)O. The Kier molecular flexibility index (Phi) is 3.45. The predicted molar refractivity (Wildman–Crippen MR) is 51.7 cm³/mol. The average Bonchev–Trinajstić information content (AvgIpc) is 2.15. The highest BCUT2D eigenvalue weighted by Crippen LogP contribution is 2.18. The molecule has 0 atom stereocenters. The number of carboxylic acids is 1. The molecule has 4 heteroatoms. The van der Waals surface area contributed by atoms with Crippen LogP contribution in [0.2, 0.25) is 0 Å². The quantitative estimate of drug-likeness (QED) is 0.796. The lowest BCUT2D eigenvalue weighted by Gasteiger charge is -2.07. The molecule has 0 aromatic carbocycles. The number of aromatic nitrogens is 1. The Hall–Kier alpha value is -1.58. The van der Waals surface area contributed by atoms with E-state index in [2.05, 4.69) is 4.98 Å². The van der Waals surface area contributed by atoms with Crippen LogP contribution in [-0.2, 0) is 0 Å². The van der Waals surface area contributed by atoms with Gasteiger partial charge in [-0.3, -0.25) is 4.98 Å². The zero-order valence-electron chi connectivity index (χ0n) is 8.28. The summed E-state index contributed by atoms with van der Waals surface area (Å²) in [5.41, 5.74) is 0.845. The molecule has 0 unspecified atom stereocenters. The maximum atomic E-state index is 10.8. The monoisotopic (exact) mass is 195 g/mol. The van der Waals surface area contributed by atoms with Crippen LogP contribution in [-0.4, -0.2) is 22.7 Å². The summed E-state index contributed by atoms with van der Waals surface area (Å²) in [6, 6.07) is 1.51. The molecule has 14 heavy (non-hydrogen) atoms. The Morgan fingerprint density at radius 1 is 1.64 bits per heavy atom. The van der Waals surface area contributed by atoms with Crippen LogP contribution in [0.25, 0.3) is 0 Å². The molecule has 76 valence electrons. The summed E-state index contributed by atoms with van der Waals surface area (Å²) in [4.78, 5) is 14.8. The van der Waals surface area contributed by atoms with Crippen LogP contribution in [0, 0.1) is 6.92 Å². The molecule has 0 amide bonds. The molecule has 1 aromatic heterocycles. The molecule has 0 saturated heterocycles. The van der Waals surface area contributed by atoms with E-state index in [-0.39, 0.29) is 5.56 Å². The second kappa shape index (κ2) is 4.60. The van der Waals surface area contributed by atoms with Crippen LogP contribution >= 0.6 is 0 Å². The van der Waals surface area contributed by atoms with Gasteiger partial charge < -0.3 is 9.84 Å². The molecule has 0 aliphatic rings. The lowest BCUT2D eigenvalue weighted by molar-refractivity contribution is 0.0692. The van der Waals surface area contributed by atoms with Crippen molar-refractivity contribution in [1.82, 2.24) is 4.98 Å². The van der Waals surface area contributed by atoms with Crippen LogP contribution in [0.5, 0.6) is 5.75 Å². The Balaban J connectivity index is 2.96. The van der Waals surface area contributed by atoms with Crippen molar-refractivity contribution in [2.45, 2.75) is 20.3 Å². The number of carboxylic acid groups (broad SMARTS) is 1. The van der Waals surface area contributed by atoms with Crippen molar-refractivity contribution in [3.8, 4) is 5.75 Å². The smallest absolute Gasteiger partial charge is 0.339 e. The number of nitrogens with zero attached hydrogens (tertiary/aromatic N) is 1. The van der Waals surface area contributed by atoms with Crippen LogP contribution in [0.3, 0.4) is 0 Å². The van der Waals surface area contributed by atoms with Crippen molar-refractivity contribution in [3.05, 3.63) is 23.5 Å². The van der Waals surface area contributed by atoms with Crippen molar-refractivity contribution in [3.63, 3.8) is 0 Å². The number of aryl methyl sites for hydroxylation is 1. The first kappa shape index (κ1) is 10.5. The van der Waals surface area contributed by atoms with E-state index < -0.39 is 5.97 Å². The summed E-state index contributed by atoms with van der Waals surface area (Å²) in [7, 11) is 0. The standard InChI is InChI=1S/C10H13NO3/c1-3-4-14-9-6-11-7(2)5-8(9)10(12)13/h5-6H,3-4H2,1-2H3,(H,12,13). The molecule has 4 nitrogen and oxygen atoms in total. The third-order valence-corrected chi connectivity index (χ3v) is 1.70. The maximum absolute atomic E-state index is 10.8. The number of pyridine rings is 1. The highest BCUT2D eigenvalue weighted by Gasteiger charge is 2.11. The number of ether oxygens (including phenoxy) is 1. The third-order valence-electron chi connectivity index (χ3n) is 1.70. The predicted octanol–water partition coefficient (Wildman–Crippen LogP) is 1.88. The first-order valence-corrected chi connectivity index (χ1v) is 4.48. The minimum atomic E-state index is -0.985. The fourth-order valence-electron chi connectivity index (χ4n) is 1.04. The molecule has 1 N–H and O–H groups in total. The van der Waals surface area contributed by atoms with E-state index in [4.69, 9.17) is 9.84 Å². The van der Waals surface area contributed by atoms with Crippen molar-refractivity contribution in [2.24, 2.45) is 0 Å². The molecule has 0 saturated carbocycles. The van der Waals surface area contributed by atoms with Gasteiger partial charge in [0.1, 0.15) is 5.56 Å². The zero-order valence-corrected chi connectivity index (χ0v) is 8.28. The summed E-state index contributed by atoms with van der Waals surface area (Å²) in [5, 5.41) is 8.88. The molecule has 1 heterocycles. The number of aromatic carboxylic acids is 1. The largest absolute Gasteiger partial charge is 0.491 e. The summed E-state index contributed by atoms with van der Waals surface area (Å²) < 4.78 is 5.26. The second-order valence-electron chi connectivity index (χ2n) is 2.98. The van der Waals surface area contributed by atoms with Gasteiger partial charge in [-0.15, -0.1) is 0 Å². The number of hydrogen-bond acceptors (Lipinski definition) is 3. The van der Waals surface area contributed by atoms with Gasteiger partial charge in [0.05, 0.1) is 12.8 Å². The molecule has 0 aliphatic carbocycles. The van der Waals surface area contributed by atoms with Gasteiger partial charge in [-0.1, -0.05) is 6.92 Å². The Morgan fingerprint density at radius 3 is 2.93 bits per heavy atom. The third kappa shape index (κ3) is 2.45. The van der Waals surface area contributed by atoms with E-state index >= 15 is 0 Å². The molecule has 1 aromatic rings. The first-order valence-electron chi connectivity index (χ1n) is 4.48. The van der Waals surface area contributed by atoms with E-state index in [1.165, 1.54) is 12.3 Å². The average molecular weight is 195 g/mol. The Labute approximate surface area is 82.5 Å². The first-order chi connectivity index (χ1) is 6.65. The van der Waals surface area contributed by atoms with Gasteiger partial charge in [0, 0.05) is 5.69 Å². The van der Waals surface area contributed by atoms with E-state index in [9.17, 15) is 4.79 Å². The molecule has 0 radical (unpaired) electrons. The second-order valence-corrected chi connectivity index (χ2v) is 2.98. The van der Waals surface area contributed by atoms with Gasteiger partial charge in [0.2, 0.25) is 0 Å². The molecular formula is C10H13NO3. The minimum absolute atomic E-state index is 0.172. The molecular weight excluding hydrogens is 182 g/mol. The zero-order chi connectivity index (χ0) is 10.6. The highest BCUT2D eigenvalue weighted by atomic mass is 16.5. The summed E-state index contributed by atoms with van der Waals surface area (Å²) in [6.45, 7) is 4.21. The lowest BCUT2D eigenvalue weighted by atomic mass is 10.2. The van der Waals surface area contributed by atoms with Gasteiger partial charge in [0.25, 0.3) is 0 Å². The van der Waals surface area contributed by atoms with E-state index in [1.807, 2.05) is 6.92 Å². The highest BCUT2D eigenvalue weighted by molar-refractivity contribution is 5.90. The van der Waals surface area contributed by atoms with Gasteiger partial charge in [-0.05, 0) is 19.4 Å². The van der Waals surface area contributed by atoms with Gasteiger partial charge in [-0.2, -0.15) is 0 Å². The molecule has 1 rings (SSSR count). The number of hydrogen-bond donors (Lipinski definition) is 1. The maximum Gasteiger partial charge on any atom is 0.339 e. The fourth-order valence-corrected chi connectivity index (χ4v) is 1.04. The Morgan fingerprint density at radius 2 is 2.36 bits per heavy atom. The molecule has 0 aliphatic heterocycles. The van der Waals surface area contributed by atoms with Crippen LogP contribution in [0.1, 0.15) is 29.4 Å². The minimum Gasteiger partial charge on any atom is -0.491 e. The molecule has 0 fully saturated rings. The molecule has 0 bridgehead atoms. The normalized spacial score (nSPS) is 9.86. The Bertz CT molecular complexity index is 336. The van der Waals surface area contributed by atoms with Crippen LogP contribution < -0.4 is 4.74 Å².